The third-order valence-corrected chi connectivity index (χ3v) is 10.2. The lowest BCUT2D eigenvalue weighted by molar-refractivity contribution is -0.181. The minimum Gasteiger partial charge on any atom is -0.489 e. The minimum absolute atomic E-state index is 0.0954. The topological polar surface area (TPSA) is 80.7 Å². The third kappa shape index (κ3) is 5.48. The van der Waals surface area contributed by atoms with Crippen molar-refractivity contribution in [3.05, 3.63) is 46.3 Å². The summed E-state index contributed by atoms with van der Waals surface area (Å²) in [6, 6.07) is 0. The van der Waals surface area contributed by atoms with E-state index in [1.165, 1.54) is 11.1 Å². The fourth-order valence-corrected chi connectivity index (χ4v) is 7.43. The Morgan fingerprint density at radius 3 is 2.15 bits per heavy atom. The van der Waals surface area contributed by atoms with Gasteiger partial charge >= 0.3 is 0 Å². The Bertz CT molecular complexity index is 1190. The van der Waals surface area contributed by atoms with Crippen LogP contribution >= 0.6 is 0 Å². The zero-order chi connectivity index (χ0) is 31.1. The van der Waals surface area contributed by atoms with Crippen LogP contribution in [0.5, 0.6) is 0 Å². The Kier molecular flexibility index (Phi) is 9.55. The molecule has 5 nitrogen and oxygen atoms in total. The average molecular weight is 567 g/mol. The van der Waals surface area contributed by atoms with Crippen LogP contribution in [-0.2, 0) is 19.1 Å². The fraction of sp³-hybridized carbons (Fsp3) is 0.694. The van der Waals surface area contributed by atoms with E-state index in [1.54, 1.807) is 13.8 Å². The number of aliphatic hydroxyl groups is 1. The van der Waals surface area contributed by atoms with E-state index in [9.17, 15) is 14.7 Å². The number of carbonyl (C=O) groups excluding carboxylic acids is 3. The molecule has 1 aliphatic heterocycles. The van der Waals surface area contributed by atoms with Gasteiger partial charge in [-0.05, 0) is 105 Å². The first-order chi connectivity index (χ1) is 18.9. The molecule has 3 aliphatic rings. The zero-order valence-corrected chi connectivity index (χ0v) is 27.5. The van der Waals surface area contributed by atoms with Gasteiger partial charge in [0.1, 0.15) is 11.9 Å². The van der Waals surface area contributed by atoms with Crippen LogP contribution in [0.1, 0.15) is 121 Å². The van der Waals surface area contributed by atoms with Crippen LogP contribution in [0, 0.1) is 28.1 Å². The first-order valence-electron chi connectivity index (χ1n) is 15.6. The lowest BCUT2D eigenvalue weighted by Gasteiger charge is -2.61. The number of carbonyl (C=O) groups is 3. The quantitative estimate of drug-likeness (QED) is 0.202. The van der Waals surface area contributed by atoms with E-state index in [-0.39, 0.29) is 41.9 Å². The number of hydrogen-bond acceptors (Lipinski definition) is 5. The highest BCUT2D eigenvalue weighted by atomic mass is 16.5. The van der Waals surface area contributed by atoms with Gasteiger partial charge in [-0.2, -0.15) is 0 Å². The fourth-order valence-electron chi connectivity index (χ4n) is 7.43. The molecule has 0 unspecified atom stereocenters. The van der Waals surface area contributed by atoms with E-state index in [1.807, 2.05) is 33.8 Å². The number of hydrogen-bond donors (Lipinski definition) is 1. The van der Waals surface area contributed by atoms with Crippen LogP contribution in [0.4, 0.5) is 0 Å². The van der Waals surface area contributed by atoms with E-state index < -0.39 is 33.9 Å². The van der Waals surface area contributed by atoms with Crippen LogP contribution < -0.4 is 0 Å². The van der Waals surface area contributed by atoms with Gasteiger partial charge in [0.2, 0.25) is 0 Å². The predicted molar refractivity (Wildman–Crippen MR) is 165 cm³/mol. The highest BCUT2D eigenvalue weighted by molar-refractivity contribution is 6.28. The molecule has 6 atom stereocenters. The molecule has 1 heterocycles. The van der Waals surface area contributed by atoms with E-state index in [0.717, 1.165) is 12.0 Å². The van der Waals surface area contributed by atoms with Crippen molar-refractivity contribution in [3.8, 4) is 0 Å². The van der Waals surface area contributed by atoms with Crippen molar-refractivity contribution < 1.29 is 24.2 Å². The zero-order valence-electron chi connectivity index (χ0n) is 27.5. The first-order valence-corrected chi connectivity index (χ1v) is 15.6. The molecular weight excluding hydrogens is 512 g/mol. The van der Waals surface area contributed by atoms with Gasteiger partial charge in [0, 0.05) is 17.9 Å². The Balaban J connectivity index is 2.48. The molecule has 2 bridgehead atoms. The average Bonchev–Trinajstić information content (AvgIpc) is 3.32. The van der Waals surface area contributed by atoms with Crippen molar-refractivity contribution in [2.75, 3.05) is 0 Å². The van der Waals surface area contributed by atoms with Crippen molar-refractivity contribution in [3.63, 3.8) is 0 Å². The Labute approximate surface area is 248 Å². The normalized spacial score (nSPS) is 31.7. The third-order valence-electron chi connectivity index (χ3n) is 10.2. The summed E-state index contributed by atoms with van der Waals surface area (Å²) in [5.74, 6) is -0.855. The molecule has 0 aromatic rings. The van der Waals surface area contributed by atoms with Crippen LogP contribution in [-0.4, -0.2) is 34.2 Å². The molecule has 41 heavy (non-hydrogen) atoms. The molecular formula is C36H54O5. The largest absolute Gasteiger partial charge is 0.489 e. The van der Waals surface area contributed by atoms with Gasteiger partial charge in [0.15, 0.2) is 22.8 Å². The second-order valence-electron chi connectivity index (χ2n) is 14.6. The highest BCUT2D eigenvalue weighted by Crippen LogP contribution is 2.70. The van der Waals surface area contributed by atoms with Crippen LogP contribution in [0.3, 0.4) is 0 Å². The Hall–Kier alpha value is -2.27. The summed E-state index contributed by atoms with van der Waals surface area (Å²) < 4.78 is 6.56. The maximum absolute atomic E-state index is 15.4. The number of allylic oxidation sites excluding steroid dienone is 7. The van der Waals surface area contributed by atoms with E-state index in [4.69, 9.17) is 4.74 Å². The summed E-state index contributed by atoms with van der Waals surface area (Å²) in [6.07, 6.45) is 9.16. The number of Topliss-reactive ketones (excluding diaryl/α,β-unsaturated/α-hetero) is 3. The summed E-state index contributed by atoms with van der Waals surface area (Å²) in [5, 5.41) is 11.0. The predicted octanol–water partition coefficient (Wildman–Crippen LogP) is 8.03. The lowest BCUT2D eigenvalue weighted by atomic mass is 9.38. The van der Waals surface area contributed by atoms with Crippen molar-refractivity contribution in [2.45, 2.75) is 133 Å². The van der Waals surface area contributed by atoms with Crippen LogP contribution in [0.15, 0.2) is 46.3 Å². The molecule has 1 N–H and O–H groups in total. The summed E-state index contributed by atoms with van der Waals surface area (Å²) in [6.45, 7) is 21.5. The van der Waals surface area contributed by atoms with Crippen LogP contribution in [0.25, 0.3) is 0 Å². The number of ether oxygens (including phenoxy) is 1. The van der Waals surface area contributed by atoms with E-state index >= 15 is 4.79 Å². The smallest absolute Gasteiger partial charge is 0.176 e. The molecule has 0 spiro atoms. The molecule has 2 aliphatic carbocycles. The molecule has 0 saturated heterocycles. The first kappa shape index (κ1) is 33.2. The van der Waals surface area contributed by atoms with Gasteiger partial charge in [-0.15, -0.1) is 0 Å². The van der Waals surface area contributed by atoms with Crippen LogP contribution in [0.2, 0.25) is 0 Å². The molecule has 3 rings (SSSR count). The number of fused-ring (bicyclic) bond motifs is 3. The molecule has 1 saturated carbocycles. The Morgan fingerprint density at radius 2 is 1.63 bits per heavy atom. The molecule has 1 fully saturated rings. The van der Waals surface area contributed by atoms with Crippen molar-refractivity contribution in [1.29, 1.82) is 0 Å². The molecule has 0 radical (unpaired) electrons. The summed E-state index contributed by atoms with van der Waals surface area (Å²) in [5.41, 5.74) is -1.10. The van der Waals surface area contributed by atoms with Crippen molar-refractivity contribution in [1.82, 2.24) is 0 Å². The van der Waals surface area contributed by atoms with Gasteiger partial charge in [-0.3, -0.25) is 14.4 Å². The highest BCUT2D eigenvalue weighted by Gasteiger charge is 2.77. The SMILES string of the molecule is CC[C@@H](C)C(=O)[C@]12C(=O)[C@](CC=C(C)C)(C[C@H](CC=C(C)C)[C@@]1(C)CCC=C(C)C)C(=O)C1=C2O[C@H](C(C)(C)O)C1. The maximum Gasteiger partial charge on any atom is 0.176 e. The van der Waals surface area contributed by atoms with E-state index in [0.29, 0.717) is 31.3 Å². The Morgan fingerprint density at radius 1 is 1.05 bits per heavy atom. The molecule has 0 aromatic heterocycles. The number of ketones is 3. The lowest BCUT2D eigenvalue weighted by Crippen LogP contribution is -2.69. The molecule has 5 heteroatoms. The molecule has 228 valence electrons. The second kappa shape index (κ2) is 11.8. The van der Waals surface area contributed by atoms with Crippen molar-refractivity contribution in [2.24, 2.45) is 28.1 Å². The molecule has 0 aromatic carbocycles. The van der Waals surface area contributed by atoms with E-state index in [2.05, 4.69) is 46.8 Å². The van der Waals surface area contributed by atoms with Gasteiger partial charge in [0.05, 0.1) is 11.0 Å². The minimum atomic E-state index is -1.59. The van der Waals surface area contributed by atoms with Gasteiger partial charge in [0.25, 0.3) is 0 Å². The summed E-state index contributed by atoms with van der Waals surface area (Å²) in [7, 11) is 0. The van der Waals surface area contributed by atoms with Gasteiger partial charge in [-0.1, -0.05) is 55.7 Å². The summed E-state index contributed by atoms with van der Waals surface area (Å²) in [4.78, 5) is 45.0. The molecule has 0 amide bonds. The maximum atomic E-state index is 15.4. The van der Waals surface area contributed by atoms with Gasteiger partial charge in [-0.25, -0.2) is 0 Å². The van der Waals surface area contributed by atoms with Gasteiger partial charge < -0.3 is 9.84 Å². The second-order valence-corrected chi connectivity index (χ2v) is 14.6. The van der Waals surface area contributed by atoms with Crippen molar-refractivity contribution >= 4 is 17.3 Å². The number of rotatable bonds is 11. The summed E-state index contributed by atoms with van der Waals surface area (Å²) >= 11 is 0. The monoisotopic (exact) mass is 566 g/mol. The standard InChI is InChI=1S/C36H54O5/c1-12-25(8)29(37)36-31-27(20-28(41-31)33(9,10)40)30(38)35(32(36)39,19-17-24(6)7)21-26(16-15-23(4)5)34(36,11)18-13-14-22(2)3/h14-15,17,25-26,28,40H,12-13,16,18-21H2,1-11H3/t25-,26+,28+,34-,35-,36+/m1/s1.